The van der Waals surface area contributed by atoms with Gasteiger partial charge in [0.1, 0.15) is 6.10 Å². The fourth-order valence-corrected chi connectivity index (χ4v) is 1.98. The third kappa shape index (κ3) is 4.28. The van der Waals surface area contributed by atoms with Crippen LogP contribution in [-0.2, 0) is 9.53 Å². The maximum atomic E-state index is 11.8. The van der Waals surface area contributed by atoms with Gasteiger partial charge in [0.05, 0.1) is 0 Å². The molecule has 96 valence electrons. The van der Waals surface area contributed by atoms with E-state index in [1.54, 1.807) is 7.11 Å². The van der Waals surface area contributed by atoms with Crippen LogP contribution in [0.5, 0.6) is 0 Å². The summed E-state index contributed by atoms with van der Waals surface area (Å²) >= 11 is 0. The average Bonchev–Trinajstić information content (AvgIpc) is 2.23. The number of hydrogen-bond acceptors (Lipinski definition) is 3. The van der Waals surface area contributed by atoms with Crippen LogP contribution in [0.1, 0.15) is 33.1 Å². The van der Waals surface area contributed by atoms with Gasteiger partial charge in [-0.2, -0.15) is 0 Å². The lowest BCUT2D eigenvalue weighted by molar-refractivity contribution is -0.132. The Kier molecular flexibility index (Phi) is 7.72. The SMILES string of the molecule is CCC(OC)C(=O)NC1CCCNC1C.Cl. The van der Waals surface area contributed by atoms with Crippen LogP contribution in [0, 0.1) is 0 Å². The van der Waals surface area contributed by atoms with Crippen molar-refractivity contribution in [1.82, 2.24) is 10.6 Å². The number of rotatable bonds is 4. The molecule has 1 aliphatic heterocycles. The second-order valence-electron chi connectivity index (χ2n) is 4.13. The highest BCUT2D eigenvalue weighted by Gasteiger charge is 2.25. The predicted molar refractivity (Wildman–Crippen MR) is 67.0 cm³/mol. The van der Waals surface area contributed by atoms with E-state index in [0.717, 1.165) is 25.8 Å². The quantitative estimate of drug-likeness (QED) is 0.786. The van der Waals surface area contributed by atoms with Crippen molar-refractivity contribution in [3.63, 3.8) is 0 Å². The van der Waals surface area contributed by atoms with Gasteiger partial charge in [0.25, 0.3) is 0 Å². The molecule has 0 aromatic carbocycles. The van der Waals surface area contributed by atoms with E-state index in [1.807, 2.05) is 6.92 Å². The molecular formula is C11H23ClN2O2. The maximum absolute atomic E-state index is 11.8. The smallest absolute Gasteiger partial charge is 0.249 e. The number of piperidine rings is 1. The summed E-state index contributed by atoms with van der Waals surface area (Å²) in [7, 11) is 1.58. The number of carbonyl (C=O) groups excluding carboxylic acids is 1. The molecule has 1 fully saturated rings. The summed E-state index contributed by atoms with van der Waals surface area (Å²) in [5.74, 6) is 0.0144. The van der Waals surface area contributed by atoms with Crippen LogP contribution in [0.4, 0.5) is 0 Å². The van der Waals surface area contributed by atoms with E-state index in [4.69, 9.17) is 4.74 Å². The van der Waals surface area contributed by atoms with E-state index in [0.29, 0.717) is 6.04 Å². The summed E-state index contributed by atoms with van der Waals surface area (Å²) in [5, 5.41) is 6.40. The van der Waals surface area contributed by atoms with Gasteiger partial charge in [-0.1, -0.05) is 6.92 Å². The number of amides is 1. The van der Waals surface area contributed by atoms with Crippen LogP contribution in [0.15, 0.2) is 0 Å². The second kappa shape index (κ2) is 7.87. The van der Waals surface area contributed by atoms with Crippen molar-refractivity contribution < 1.29 is 9.53 Å². The number of nitrogens with one attached hydrogen (secondary N) is 2. The van der Waals surface area contributed by atoms with Gasteiger partial charge >= 0.3 is 0 Å². The van der Waals surface area contributed by atoms with Crippen LogP contribution >= 0.6 is 12.4 Å². The summed E-state index contributed by atoms with van der Waals surface area (Å²) in [6, 6.07) is 0.604. The molecule has 0 aromatic rings. The first-order chi connectivity index (χ1) is 7.19. The van der Waals surface area contributed by atoms with E-state index >= 15 is 0 Å². The van der Waals surface area contributed by atoms with E-state index < -0.39 is 0 Å². The molecule has 3 atom stereocenters. The fraction of sp³-hybridized carbons (Fsp3) is 0.909. The van der Waals surface area contributed by atoms with Gasteiger partial charge in [-0.05, 0) is 32.7 Å². The highest BCUT2D eigenvalue weighted by atomic mass is 35.5. The second-order valence-corrected chi connectivity index (χ2v) is 4.13. The van der Waals surface area contributed by atoms with E-state index in [1.165, 1.54) is 0 Å². The molecule has 2 N–H and O–H groups in total. The third-order valence-electron chi connectivity index (χ3n) is 3.04. The first kappa shape index (κ1) is 15.7. The van der Waals surface area contributed by atoms with Gasteiger partial charge in [0.15, 0.2) is 0 Å². The summed E-state index contributed by atoms with van der Waals surface area (Å²) in [6.07, 6.45) is 2.59. The number of ether oxygens (including phenoxy) is 1. The minimum atomic E-state index is -0.306. The average molecular weight is 251 g/mol. The molecule has 0 aromatic heterocycles. The van der Waals surface area contributed by atoms with Crippen molar-refractivity contribution in [3.05, 3.63) is 0 Å². The topological polar surface area (TPSA) is 50.4 Å². The van der Waals surface area contributed by atoms with Gasteiger partial charge in [-0.15, -0.1) is 12.4 Å². The Hall–Kier alpha value is -0.320. The minimum absolute atomic E-state index is 0. The van der Waals surface area contributed by atoms with Crippen LogP contribution in [0.3, 0.4) is 0 Å². The maximum Gasteiger partial charge on any atom is 0.249 e. The predicted octanol–water partition coefficient (Wildman–Crippen LogP) is 1.09. The summed E-state index contributed by atoms with van der Waals surface area (Å²) in [6.45, 7) is 5.11. The molecule has 1 saturated heterocycles. The van der Waals surface area contributed by atoms with Crippen molar-refractivity contribution in [1.29, 1.82) is 0 Å². The Morgan fingerprint density at radius 3 is 2.81 bits per heavy atom. The molecule has 0 radical (unpaired) electrons. The molecule has 0 spiro atoms. The molecule has 0 bridgehead atoms. The van der Waals surface area contributed by atoms with Crippen molar-refractivity contribution in [2.24, 2.45) is 0 Å². The van der Waals surface area contributed by atoms with E-state index in [9.17, 15) is 4.79 Å². The van der Waals surface area contributed by atoms with Gasteiger partial charge in [0, 0.05) is 19.2 Å². The lowest BCUT2D eigenvalue weighted by Gasteiger charge is -2.31. The largest absolute Gasteiger partial charge is 0.372 e. The normalized spacial score (nSPS) is 26.7. The van der Waals surface area contributed by atoms with E-state index in [-0.39, 0.29) is 30.5 Å². The Balaban J connectivity index is 0.00000225. The first-order valence-electron chi connectivity index (χ1n) is 5.75. The highest BCUT2D eigenvalue weighted by molar-refractivity contribution is 5.85. The first-order valence-corrected chi connectivity index (χ1v) is 5.75. The Labute approximate surface area is 104 Å². The number of hydrogen-bond donors (Lipinski definition) is 2. The standard InChI is InChI=1S/C11H22N2O2.ClH/c1-4-10(15-3)11(14)13-9-6-5-7-12-8(9)2;/h8-10,12H,4-7H2,1-3H3,(H,13,14);1H. The lowest BCUT2D eigenvalue weighted by atomic mass is 9.99. The van der Waals surface area contributed by atoms with E-state index in [2.05, 4.69) is 17.6 Å². The molecule has 4 nitrogen and oxygen atoms in total. The molecule has 1 amide bonds. The molecule has 1 heterocycles. The van der Waals surface area contributed by atoms with Crippen molar-refractivity contribution in [2.75, 3.05) is 13.7 Å². The molecule has 3 unspecified atom stereocenters. The van der Waals surface area contributed by atoms with Gasteiger partial charge in [-0.25, -0.2) is 0 Å². The summed E-state index contributed by atoms with van der Waals surface area (Å²) in [4.78, 5) is 11.8. The molecule has 1 aliphatic rings. The zero-order valence-electron chi connectivity index (χ0n) is 10.3. The van der Waals surface area contributed by atoms with Crippen LogP contribution in [0.25, 0.3) is 0 Å². The van der Waals surface area contributed by atoms with Crippen LogP contribution in [-0.4, -0.2) is 37.7 Å². The minimum Gasteiger partial charge on any atom is -0.372 e. The van der Waals surface area contributed by atoms with Crippen LogP contribution in [0.2, 0.25) is 0 Å². The summed E-state index contributed by atoms with van der Waals surface area (Å²) < 4.78 is 5.11. The van der Waals surface area contributed by atoms with Crippen molar-refractivity contribution >= 4 is 18.3 Å². The third-order valence-corrected chi connectivity index (χ3v) is 3.04. The Bertz CT molecular complexity index is 210. The molecule has 5 heteroatoms. The molecular weight excluding hydrogens is 228 g/mol. The molecule has 0 saturated carbocycles. The molecule has 16 heavy (non-hydrogen) atoms. The number of carbonyl (C=O) groups is 1. The molecule has 1 rings (SSSR count). The highest BCUT2D eigenvalue weighted by Crippen LogP contribution is 2.09. The van der Waals surface area contributed by atoms with Gasteiger partial charge in [0.2, 0.25) is 5.91 Å². The molecule has 0 aliphatic carbocycles. The Morgan fingerprint density at radius 1 is 1.62 bits per heavy atom. The number of halogens is 1. The Morgan fingerprint density at radius 2 is 2.31 bits per heavy atom. The van der Waals surface area contributed by atoms with Gasteiger partial charge < -0.3 is 15.4 Å². The summed E-state index contributed by atoms with van der Waals surface area (Å²) in [5.41, 5.74) is 0. The monoisotopic (exact) mass is 250 g/mol. The lowest BCUT2D eigenvalue weighted by Crippen LogP contribution is -2.54. The van der Waals surface area contributed by atoms with Crippen molar-refractivity contribution in [3.8, 4) is 0 Å². The van der Waals surface area contributed by atoms with Crippen LogP contribution < -0.4 is 10.6 Å². The van der Waals surface area contributed by atoms with Gasteiger partial charge in [-0.3, -0.25) is 4.79 Å². The zero-order valence-corrected chi connectivity index (χ0v) is 11.1. The fourth-order valence-electron chi connectivity index (χ4n) is 1.98. The zero-order chi connectivity index (χ0) is 11.3. The number of methoxy groups -OCH3 is 1. The van der Waals surface area contributed by atoms with Crippen molar-refractivity contribution in [2.45, 2.75) is 51.3 Å².